The molecule has 34 heavy (non-hydrogen) atoms. The first kappa shape index (κ1) is 25.6. The Morgan fingerprint density at radius 2 is 1.76 bits per heavy atom. The molecule has 3 rings (SSSR count). The van der Waals surface area contributed by atoms with Crippen molar-refractivity contribution in [1.82, 2.24) is 5.43 Å². The highest BCUT2D eigenvalue weighted by molar-refractivity contribution is 6.31. The molecule has 2 aromatic carbocycles. The largest absolute Gasteiger partial charge is 0.484 e. The van der Waals surface area contributed by atoms with Crippen LogP contribution in [0.1, 0.15) is 57.9 Å². The molecule has 0 fully saturated rings. The zero-order valence-electron chi connectivity index (χ0n) is 20.7. The van der Waals surface area contributed by atoms with Gasteiger partial charge in [0.1, 0.15) is 17.3 Å². The summed E-state index contributed by atoms with van der Waals surface area (Å²) < 4.78 is 11.4. The van der Waals surface area contributed by atoms with Gasteiger partial charge < -0.3 is 9.15 Å². The minimum absolute atomic E-state index is 0.0559. The Labute approximate surface area is 207 Å². The highest BCUT2D eigenvalue weighted by atomic mass is 35.5. The molecular weight excluding hydrogens is 448 g/mol. The molecular formula is C28H33ClN2O3. The maximum Gasteiger partial charge on any atom is 0.277 e. The molecule has 0 aliphatic carbocycles. The van der Waals surface area contributed by atoms with Gasteiger partial charge in [-0.15, -0.1) is 0 Å². The molecule has 6 heteroatoms. The molecule has 0 spiro atoms. The van der Waals surface area contributed by atoms with Gasteiger partial charge in [-0.25, -0.2) is 5.43 Å². The van der Waals surface area contributed by atoms with Gasteiger partial charge in [0.15, 0.2) is 6.61 Å². The van der Waals surface area contributed by atoms with Gasteiger partial charge in [-0.05, 0) is 65.6 Å². The van der Waals surface area contributed by atoms with Gasteiger partial charge in [-0.1, -0.05) is 70.5 Å². The first-order valence-electron chi connectivity index (χ1n) is 11.3. The minimum Gasteiger partial charge on any atom is -0.484 e. The maximum absolute atomic E-state index is 12.1. The quantitative estimate of drug-likeness (QED) is 0.275. The molecule has 1 amide bonds. The maximum atomic E-state index is 12.1. The predicted molar refractivity (Wildman–Crippen MR) is 139 cm³/mol. The van der Waals surface area contributed by atoms with Crippen LogP contribution >= 0.6 is 11.6 Å². The lowest BCUT2D eigenvalue weighted by atomic mass is 9.72. The number of amides is 1. The van der Waals surface area contributed by atoms with Crippen LogP contribution in [-0.4, -0.2) is 18.7 Å². The lowest BCUT2D eigenvalue weighted by molar-refractivity contribution is -0.123. The molecule has 1 aromatic heterocycles. The Morgan fingerprint density at radius 3 is 2.41 bits per heavy atom. The predicted octanol–water partition coefficient (Wildman–Crippen LogP) is 7.15. The van der Waals surface area contributed by atoms with E-state index in [9.17, 15) is 4.79 Å². The lowest BCUT2D eigenvalue weighted by Crippen LogP contribution is -2.25. The van der Waals surface area contributed by atoms with Gasteiger partial charge in [-0.2, -0.15) is 5.10 Å². The fourth-order valence-electron chi connectivity index (χ4n) is 4.10. The number of carbonyl (C=O) groups is 1. The monoisotopic (exact) mass is 480 g/mol. The molecule has 1 heterocycles. The molecule has 0 aliphatic rings. The summed E-state index contributed by atoms with van der Waals surface area (Å²) in [5, 5.41) is 4.63. The Kier molecular flexibility index (Phi) is 7.88. The number of halogens is 1. The molecule has 0 unspecified atom stereocenters. The van der Waals surface area contributed by atoms with Crippen molar-refractivity contribution >= 4 is 23.7 Å². The van der Waals surface area contributed by atoms with Crippen molar-refractivity contribution < 1.29 is 13.9 Å². The second-order valence-electron chi connectivity index (χ2n) is 10.4. The van der Waals surface area contributed by atoms with Crippen LogP contribution in [0.25, 0.3) is 11.3 Å². The van der Waals surface area contributed by atoms with Crippen LogP contribution in [0.5, 0.6) is 5.75 Å². The zero-order valence-corrected chi connectivity index (χ0v) is 21.5. The fraction of sp³-hybridized carbons (Fsp3) is 0.357. The minimum atomic E-state index is -0.356. The molecule has 0 aliphatic heterocycles. The van der Waals surface area contributed by atoms with Crippen molar-refractivity contribution in [3.8, 4) is 17.1 Å². The Balaban J connectivity index is 1.49. The number of benzene rings is 2. The van der Waals surface area contributed by atoms with Gasteiger partial charge in [-0.3, -0.25) is 4.79 Å². The smallest absolute Gasteiger partial charge is 0.277 e. The number of aryl methyl sites for hydroxylation is 1. The molecule has 0 saturated carbocycles. The number of rotatable bonds is 8. The number of hydrogen-bond donors (Lipinski definition) is 1. The topological polar surface area (TPSA) is 63.8 Å². The molecule has 0 atom stereocenters. The lowest BCUT2D eigenvalue weighted by Gasteiger charge is -2.33. The molecule has 1 N–H and O–H groups in total. The van der Waals surface area contributed by atoms with Crippen LogP contribution in [-0.2, 0) is 10.2 Å². The molecule has 3 aromatic rings. The summed E-state index contributed by atoms with van der Waals surface area (Å²) in [6, 6.07) is 17.3. The van der Waals surface area contributed by atoms with Crippen molar-refractivity contribution in [1.29, 1.82) is 0 Å². The van der Waals surface area contributed by atoms with Crippen LogP contribution in [0.15, 0.2) is 64.1 Å². The van der Waals surface area contributed by atoms with E-state index in [1.165, 1.54) is 11.8 Å². The van der Waals surface area contributed by atoms with Gasteiger partial charge in [0.2, 0.25) is 0 Å². The summed E-state index contributed by atoms with van der Waals surface area (Å²) in [4.78, 5) is 12.1. The van der Waals surface area contributed by atoms with Gasteiger partial charge >= 0.3 is 0 Å². The number of carbonyl (C=O) groups excluding carboxylic acids is 1. The van der Waals surface area contributed by atoms with E-state index >= 15 is 0 Å². The van der Waals surface area contributed by atoms with E-state index in [2.05, 4.69) is 57.3 Å². The molecule has 0 saturated heterocycles. The van der Waals surface area contributed by atoms with Crippen LogP contribution < -0.4 is 10.2 Å². The number of nitrogens with one attached hydrogen (secondary N) is 1. The van der Waals surface area contributed by atoms with E-state index in [0.717, 1.165) is 17.5 Å². The number of furan rings is 1. The van der Waals surface area contributed by atoms with E-state index in [1.807, 2.05) is 43.3 Å². The third kappa shape index (κ3) is 7.22. The van der Waals surface area contributed by atoms with E-state index in [0.29, 0.717) is 22.3 Å². The zero-order chi connectivity index (χ0) is 24.9. The molecule has 0 bridgehead atoms. The third-order valence-electron chi connectivity index (χ3n) is 5.44. The highest BCUT2D eigenvalue weighted by Gasteiger charge is 2.27. The second kappa shape index (κ2) is 10.5. The molecule has 180 valence electrons. The summed E-state index contributed by atoms with van der Waals surface area (Å²) in [6.07, 6.45) is 2.51. The first-order chi connectivity index (χ1) is 15.9. The number of hydrogen-bond acceptors (Lipinski definition) is 4. The fourth-order valence-corrected chi connectivity index (χ4v) is 4.28. The Morgan fingerprint density at radius 1 is 1.06 bits per heavy atom. The normalized spacial score (nSPS) is 12.2. The van der Waals surface area contributed by atoms with E-state index in [4.69, 9.17) is 20.8 Å². The Bertz CT molecular complexity index is 1160. The van der Waals surface area contributed by atoms with Gasteiger partial charge in [0.05, 0.1) is 6.21 Å². The standard InChI is InChI=1S/C28H33ClN2O3/c1-19-7-8-20(15-24(19)29)25-14-13-23(34-25)16-30-31-26(32)17-33-22-11-9-21(10-12-22)28(5,6)18-27(2,3)4/h7-16H,17-18H2,1-6H3,(H,31,32). The van der Waals surface area contributed by atoms with Gasteiger partial charge in [0.25, 0.3) is 5.91 Å². The summed E-state index contributed by atoms with van der Waals surface area (Å²) in [7, 11) is 0. The van der Waals surface area contributed by atoms with Crippen molar-refractivity contribution in [3.63, 3.8) is 0 Å². The van der Waals surface area contributed by atoms with E-state index in [1.54, 1.807) is 6.07 Å². The van der Waals surface area contributed by atoms with Crippen molar-refractivity contribution in [3.05, 3.63) is 76.5 Å². The molecule has 0 radical (unpaired) electrons. The summed E-state index contributed by atoms with van der Waals surface area (Å²) in [6.45, 7) is 13.1. The molecule has 5 nitrogen and oxygen atoms in total. The first-order valence-corrected chi connectivity index (χ1v) is 11.7. The van der Waals surface area contributed by atoms with Crippen LogP contribution in [0.3, 0.4) is 0 Å². The Hall–Kier alpha value is -3.05. The van der Waals surface area contributed by atoms with Crippen LogP contribution in [0, 0.1) is 12.3 Å². The highest BCUT2D eigenvalue weighted by Crippen LogP contribution is 2.36. The van der Waals surface area contributed by atoms with Gasteiger partial charge in [0, 0.05) is 10.6 Å². The van der Waals surface area contributed by atoms with E-state index in [-0.39, 0.29) is 23.3 Å². The number of ether oxygens (including phenoxy) is 1. The van der Waals surface area contributed by atoms with Crippen LogP contribution in [0.4, 0.5) is 0 Å². The van der Waals surface area contributed by atoms with Crippen molar-refractivity contribution in [2.45, 2.75) is 53.4 Å². The SMILES string of the molecule is Cc1ccc(-c2ccc(C=NNC(=O)COc3ccc(C(C)(C)CC(C)(C)C)cc3)o2)cc1Cl. The second-order valence-corrected chi connectivity index (χ2v) is 10.8. The summed E-state index contributed by atoms with van der Waals surface area (Å²) in [5.41, 5.74) is 5.87. The van der Waals surface area contributed by atoms with Crippen molar-refractivity contribution in [2.75, 3.05) is 6.61 Å². The average Bonchev–Trinajstić information content (AvgIpc) is 3.22. The average molecular weight is 481 g/mol. The summed E-state index contributed by atoms with van der Waals surface area (Å²) >= 11 is 6.19. The van der Waals surface area contributed by atoms with Crippen molar-refractivity contribution in [2.24, 2.45) is 10.5 Å². The van der Waals surface area contributed by atoms with E-state index < -0.39 is 0 Å². The number of hydrazone groups is 1. The van der Waals surface area contributed by atoms with Crippen LogP contribution in [0.2, 0.25) is 5.02 Å². The number of nitrogens with zero attached hydrogens (tertiary/aromatic N) is 1. The third-order valence-corrected chi connectivity index (χ3v) is 5.85. The summed E-state index contributed by atoms with van der Waals surface area (Å²) in [5.74, 6) is 1.47.